The van der Waals surface area contributed by atoms with Gasteiger partial charge in [-0.15, -0.1) is 11.3 Å². The van der Waals surface area contributed by atoms with Gasteiger partial charge in [-0.05, 0) is 13.3 Å². The number of halogens is 1. The molecule has 0 spiro atoms. The SMILES string of the molecule is CC(CCO)NCc1ncc(Cl)s1. The van der Waals surface area contributed by atoms with Crippen LogP contribution in [0.3, 0.4) is 0 Å². The summed E-state index contributed by atoms with van der Waals surface area (Å²) < 4.78 is 0.714. The third-order valence-electron chi connectivity index (χ3n) is 1.69. The second kappa shape index (κ2) is 5.54. The van der Waals surface area contributed by atoms with Gasteiger partial charge in [0.15, 0.2) is 0 Å². The van der Waals surface area contributed by atoms with Gasteiger partial charge < -0.3 is 10.4 Å². The molecular formula is C8H13ClN2OS. The van der Waals surface area contributed by atoms with E-state index < -0.39 is 0 Å². The summed E-state index contributed by atoms with van der Waals surface area (Å²) >= 11 is 7.20. The molecule has 1 aromatic heterocycles. The number of nitrogens with zero attached hydrogens (tertiary/aromatic N) is 1. The molecule has 0 aromatic carbocycles. The maximum absolute atomic E-state index is 8.66. The van der Waals surface area contributed by atoms with Crippen molar-refractivity contribution in [3.8, 4) is 0 Å². The maximum atomic E-state index is 8.66. The number of rotatable bonds is 5. The zero-order valence-corrected chi connectivity index (χ0v) is 9.03. The van der Waals surface area contributed by atoms with Gasteiger partial charge in [0, 0.05) is 19.2 Å². The van der Waals surface area contributed by atoms with Gasteiger partial charge in [0.2, 0.25) is 0 Å². The van der Waals surface area contributed by atoms with Crippen molar-refractivity contribution in [3.05, 3.63) is 15.5 Å². The van der Waals surface area contributed by atoms with Crippen molar-refractivity contribution < 1.29 is 5.11 Å². The minimum atomic E-state index is 0.215. The highest BCUT2D eigenvalue weighted by Gasteiger charge is 2.03. The Morgan fingerprint density at radius 2 is 2.54 bits per heavy atom. The summed E-state index contributed by atoms with van der Waals surface area (Å²) in [5.74, 6) is 0. The number of aromatic nitrogens is 1. The normalized spacial score (nSPS) is 13.2. The molecule has 1 unspecified atom stereocenters. The molecule has 0 aliphatic heterocycles. The molecule has 0 aliphatic carbocycles. The quantitative estimate of drug-likeness (QED) is 0.794. The molecule has 1 aromatic rings. The molecule has 1 heterocycles. The van der Waals surface area contributed by atoms with Crippen LogP contribution >= 0.6 is 22.9 Å². The lowest BCUT2D eigenvalue weighted by molar-refractivity contribution is 0.268. The van der Waals surface area contributed by atoms with Crippen LogP contribution in [-0.4, -0.2) is 22.7 Å². The van der Waals surface area contributed by atoms with E-state index in [9.17, 15) is 0 Å². The van der Waals surface area contributed by atoms with Crippen molar-refractivity contribution in [1.29, 1.82) is 0 Å². The van der Waals surface area contributed by atoms with E-state index >= 15 is 0 Å². The summed E-state index contributed by atoms with van der Waals surface area (Å²) in [6.45, 7) is 2.97. The van der Waals surface area contributed by atoms with E-state index in [1.165, 1.54) is 11.3 Å². The Morgan fingerprint density at radius 1 is 1.77 bits per heavy atom. The lowest BCUT2D eigenvalue weighted by atomic mass is 10.2. The highest BCUT2D eigenvalue weighted by atomic mass is 35.5. The van der Waals surface area contributed by atoms with Crippen molar-refractivity contribution in [1.82, 2.24) is 10.3 Å². The molecule has 5 heteroatoms. The average molecular weight is 221 g/mol. The van der Waals surface area contributed by atoms with E-state index in [0.717, 1.165) is 18.0 Å². The summed E-state index contributed by atoms with van der Waals surface area (Å²) in [6, 6.07) is 0.313. The van der Waals surface area contributed by atoms with Gasteiger partial charge in [0.1, 0.15) is 9.34 Å². The largest absolute Gasteiger partial charge is 0.396 e. The molecule has 1 rings (SSSR count). The van der Waals surface area contributed by atoms with Crippen LogP contribution in [0.2, 0.25) is 4.34 Å². The van der Waals surface area contributed by atoms with E-state index in [0.29, 0.717) is 10.4 Å². The van der Waals surface area contributed by atoms with Crippen LogP contribution in [0.25, 0.3) is 0 Å². The first kappa shape index (κ1) is 10.9. The Kier molecular flexibility index (Phi) is 4.66. The number of aliphatic hydroxyl groups is 1. The predicted molar refractivity (Wildman–Crippen MR) is 55.1 cm³/mol. The highest BCUT2D eigenvalue weighted by Crippen LogP contribution is 2.17. The maximum Gasteiger partial charge on any atom is 0.113 e. The first-order valence-corrected chi connectivity index (χ1v) is 5.36. The number of aliphatic hydroxyl groups excluding tert-OH is 1. The number of hydrogen-bond acceptors (Lipinski definition) is 4. The number of thiazole rings is 1. The zero-order valence-electron chi connectivity index (χ0n) is 7.46. The predicted octanol–water partition coefficient (Wildman–Crippen LogP) is 1.66. The van der Waals surface area contributed by atoms with Gasteiger partial charge in [0.25, 0.3) is 0 Å². The Hall–Kier alpha value is -0.160. The van der Waals surface area contributed by atoms with Gasteiger partial charge in [-0.25, -0.2) is 4.98 Å². The first-order valence-electron chi connectivity index (χ1n) is 4.17. The van der Waals surface area contributed by atoms with Crippen LogP contribution in [0.4, 0.5) is 0 Å². The monoisotopic (exact) mass is 220 g/mol. The summed E-state index contributed by atoms with van der Waals surface area (Å²) in [6.07, 6.45) is 2.42. The Morgan fingerprint density at radius 3 is 3.08 bits per heavy atom. The molecule has 1 atom stereocenters. The van der Waals surface area contributed by atoms with E-state index in [4.69, 9.17) is 16.7 Å². The topological polar surface area (TPSA) is 45.1 Å². The van der Waals surface area contributed by atoms with Crippen LogP contribution in [0.15, 0.2) is 6.20 Å². The van der Waals surface area contributed by atoms with E-state index in [-0.39, 0.29) is 6.61 Å². The lowest BCUT2D eigenvalue weighted by Gasteiger charge is -2.09. The Bertz CT molecular complexity index is 254. The van der Waals surface area contributed by atoms with Gasteiger partial charge >= 0.3 is 0 Å². The lowest BCUT2D eigenvalue weighted by Crippen LogP contribution is -2.26. The Labute approximate surface area is 86.8 Å². The molecule has 13 heavy (non-hydrogen) atoms. The highest BCUT2D eigenvalue weighted by molar-refractivity contribution is 7.15. The third-order valence-corrected chi connectivity index (χ3v) is 2.80. The second-order valence-electron chi connectivity index (χ2n) is 2.85. The fourth-order valence-electron chi connectivity index (χ4n) is 0.927. The van der Waals surface area contributed by atoms with Crippen LogP contribution in [0.5, 0.6) is 0 Å². The van der Waals surface area contributed by atoms with Crippen molar-refractivity contribution in [3.63, 3.8) is 0 Å². The third kappa shape index (κ3) is 4.04. The van der Waals surface area contributed by atoms with Crippen LogP contribution in [0, 0.1) is 0 Å². The summed E-state index contributed by atoms with van der Waals surface area (Å²) in [4.78, 5) is 4.11. The zero-order chi connectivity index (χ0) is 9.68. The molecule has 3 nitrogen and oxygen atoms in total. The minimum Gasteiger partial charge on any atom is -0.396 e. The van der Waals surface area contributed by atoms with Gasteiger partial charge in [-0.3, -0.25) is 0 Å². The van der Waals surface area contributed by atoms with Crippen LogP contribution < -0.4 is 5.32 Å². The molecule has 0 aliphatic rings. The standard InChI is InChI=1S/C8H13ClN2OS/c1-6(2-3-12)10-5-8-11-4-7(9)13-8/h4,6,10,12H,2-3,5H2,1H3. The molecule has 0 bridgehead atoms. The molecule has 2 N–H and O–H groups in total. The van der Waals surface area contributed by atoms with Gasteiger partial charge in [0.05, 0.1) is 6.20 Å². The number of hydrogen-bond donors (Lipinski definition) is 2. The van der Waals surface area contributed by atoms with Crippen LogP contribution in [-0.2, 0) is 6.54 Å². The molecule has 0 saturated heterocycles. The second-order valence-corrected chi connectivity index (χ2v) is 4.60. The molecule has 74 valence electrons. The van der Waals surface area contributed by atoms with Crippen LogP contribution in [0.1, 0.15) is 18.4 Å². The Balaban J connectivity index is 2.26. The minimum absolute atomic E-state index is 0.215. The van der Waals surface area contributed by atoms with Gasteiger partial charge in [-0.2, -0.15) is 0 Å². The fourth-order valence-corrected chi connectivity index (χ4v) is 1.83. The number of nitrogens with one attached hydrogen (secondary N) is 1. The van der Waals surface area contributed by atoms with Crippen molar-refractivity contribution in [2.24, 2.45) is 0 Å². The summed E-state index contributed by atoms with van der Waals surface area (Å²) in [7, 11) is 0. The van der Waals surface area contributed by atoms with E-state index in [1.54, 1.807) is 6.20 Å². The molecule has 0 radical (unpaired) electrons. The average Bonchev–Trinajstić information content (AvgIpc) is 2.49. The van der Waals surface area contributed by atoms with E-state index in [1.807, 2.05) is 6.92 Å². The van der Waals surface area contributed by atoms with Gasteiger partial charge in [-0.1, -0.05) is 11.6 Å². The summed E-state index contributed by atoms with van der Waals surface area (Å²) in [5, 5.41) is 12.9. The van der Waals surface area contributed by atoms with Crippen molar-refractivity contribution in [2.45, 2.75) is 25.9 Å². The molecule has 0 fully saturated rings. The summed E-state index contributed by atoms with van der Waals surface area (Å²) in [5.41, 5.74) is 0. The molecule has 0 saturated carbocycles. The molecule has 0 amide bonds. The fraction of sp³-hybridized carbons (Fsp3) is 0.625. The van der Waals surface area contributed by atoms with Crippen molar-refractivity contribution >= 4 is 22.9 Å². The van der Waals surface area contributed by atoms with Crippen molar-refractivity contribution in [2.75, 3.05) is 6.61 Å². The first-order chi connectivity index (χ1) is 6.22. The molecular weight excluding hydrogens is 208 g/mol. The smallest absolute Gasteiger partial charge is 0.113 e. The van der Waals surface area contributed by atoms with E-state index in [2.05, 4.69) is 10.3 Å².